The molecular formula is C13H13N3O2S. The third-order valence-electron chi connectivity index (χ3n) is 3.19. The molecule has 0 radical (unpaired) electrons. The van der Waals surface area contributed by atoms with Crippen LogP contribution in [0.3, 0.4) is 0 Å². The van der Waals surface area contributed by atoms with Crippen LogP contribution in [0.15, 0.2) is 28.5 Å². The Balaban J connectivity index is 1.88. The Morgan fingerprint density at radius 3 is 3.05 bits per heavy atom. The lowest BCUT2D eigenvalue weighted by atomic mass is 10.1. The van der Waals surface area contributed by atoms with Gasteiger partial charge in [-0.05, 0) is 23.9 Å². The molecule has 6 heteroatoms. The van der Waals surface area contributed by atoms with Crippen LogP contribution < -0.4 is 4.90 Å². The monoisotopic (exact) mass is 275 g/mol. The van der Waals surface area contributed by atoms with E-state index in [-0.39, 0.29) is 17.8 Å². The second-order valence-corrected chi connectivity index (χ2v) is 5.44. The van der Waals surface area contributed by atoms with E-state index in [1.807, 2.05) is 18.4 Å². The first kappa shape index (κ1) is 12.1. The van der Waals surface area contributed by atoms with E-state index in [9.17, 15) is 4.79 Å². The second kappa shape index (κ2) is 4.62. The van der Waals surface area contributed by atoms with Crippen molar-refractivity contribution in [2.75, 3.05) is 11.4 Å². The van der Waals surface area contributed by atoms with E-state index in [0.29, 0.717) is 18.9 Å². The molecule has 0 aliphatic carbocycles. The summed E-state index contributed by atoms with van der Waals surface area (Å²) in [5.74, 6) is 0.631. The lowest BCUT2D eigenvalue weighted by Crippen LogP contribution is -2.24. The van der Waals surface area contributed by atoms with Crippen molar-refractivity contribution in [3.8, 4) is 10.8 Å². The number of amides is 1. The van der Waals surface area contributed by atoms with Gasteiger partial charge in [-0.3, -0.25) is 9.69 Å². The third-order valence-corrected chi connectivity index (χ3v) is 4.19. The molecule has 19 heavy (non-hydrogen) atoms. The van der Waals surface area contributed by atoms with Crippen molar-refractivity contribution in [3.05, 3.63) is 29.7 Å². The maximum Gasteiger partial charge on any atom is 0.325 e. The Kier molecular flexibility index (Phi) is 2.94. The molecule has 1 unspecified atom stereocenters. The van der Waals surface area contributed by atoms with Crippen molar-refractivity contribution in [1.29, 1.82) is 0 Å². The van der Waals surface area contributed by atoms with E-state index in [1.165, 1.54) is 4.90 Å². The fourth-order valence-electron chi connectivity index (χ4n) is 2.09. The molecule has 5 nitrogen and oxygen atoms in total. The van der Waals surface area contributed by atoms with Gasteiger partial charge in [0, 0.05) is 18.9 Å². The quantitative estimate of drug-likeness (QED) is 0.808. The molecule has 1 amide bonds. The minimum absolute atomic E-state index is 0.00278. The summed E-state index contributed by atoms with van der Waals surface area (Å²) in [7, 11) is 0. The first-order valence-electron chi connectivity index (χ1n) is 6.00. The molecule has 1 aliphatic heterocycles. The predicted molar refractivity (Wildman–Crippen MR) is 73.0 cm³/mol. The molecule has 0 saturated carbocycles. The molecule has 2 aromatic rings. The SMILES string of the molecule is C=CC1CC(=O)N(c2nnc(-c3sccc3C)o2)C1. The van der Waals surface area contributed by atoms with Gasteiger partial charge in [-0.1, -0.05) is 11.2 Å². The van der Waals surface area contributed by atoms with Gasteiger partial charge in [-0.25, -0.2) is 0 Å². The number of nitrogens with zero attached hydrogens (tertiary/aromatic N) is 3. The largest absolute Gasteiger partial charge is 0.402 e. The van der Waals surface area contributed by atoms with Crippen LogP contribution in [0.5, 0.6) is 0 Å². The zero-order valence-electron chi connectivity index (χ0n) is 10.5. The summed E-state index contributed by atoms with van der Waals surface area (Å²) >= 11 is 1.55. The van der Waals surface area contributed by atoms with E-state index < -0.39 is 0 Å². The van der Waals surface area contributed by atoms with E-state index in [4.69, 9.17) is 4.42 Å². The number of rotatable bonds is 3. The Hall–Kier alpha value is -1.95. The molecule has 1 aliphatic rings. The molecule has 0 N–H and O–H groups in total. The maximum absolute atomic E-state index is 11.9. The molecule has 0 bridgehead atoms. The van der Waals surface area contributed by atoms with Crippen LogP contribution in [0, 0.1) is 12.8 Å². The van der Waals surface area contributed by atoms with Gasteiger partial charge in [0.1, 0.15) is 0 Å². The van der Waals surface area contributed by atoms with Crippen LogP contribution in [0.1, 0.15) is 12.0 Å². The summed E-state index contributed by atoms with van der Waals surface area (Å²) in [4.78, 5) is 14.3. The van der Waals surface area contributed by atoms with Gasteiger partial charge in [0.25, 0.3) is 5.89 Å². The van der Waals surface area contributed by atoms with Gasteiger partial charge in [-0.2, -0.15) is 0 Å². The zero-order valence-corrected chi connectivity index (χ0v) is 11.3. The number of carbonyl (C=O) groups is 1. The standard InChI is InChI=1S/C13H13N3O2S/c1-3-9-6-10(17)16(7-9)13-15-14-12(18-13)11-8(2)4-5-19-11/h3-5,9H,1,6-7H2,2H3. The van der Waals surface area contributed by atoms with Crippen LogP contribution >= 0.6 is 11.3 Å². The van der Waals surface area contributed by atoms with Crippen LogP contribution in [-0.2, 0) is 4.79 Å². The van der Waals surface area contributed by atoms with Gasteiger partial charge in [0.2, 0.25) is 5.91 Å². The zero-order chi connectivity index (χ0) is 13.4. The van der Waals surface area contributed by atoms with Crippen LogP contribution in [0.4, 0.5) is 6.01 Å². The molecule has 1 saturated heterocycles. The minimum Gasteiger partial charge on any atom is -0.402 e. The van der Waals surface area contributed by atoms with Gasteiger partial charge < -0.3 is 4.42 Å². The van der Waals surface area contributed by atoms with E-state index in [2.05, 4.69) is 16.8 Å². The second-order valence-electron chi connectivity index (χ2n) is 4.53. The molecular weight excluding hydrogens is 262 g/mol. The summed E-state index contributed by atoms with van der Waals surface area (Å²) < 4.78 is 5.62. The molecule has 1 fully saturated rings. The summed E-state index contributed by atoms with van der Waals surface area (Å²) in [6.07, 6.45) is 2.25. The number of anilines is 1. The lowest BCUT2D eigenvalue weighted by molar-refractivity contribution is -0.117. The Labute approximate surface area is 114 Å². The number of hydrogen-bond donors (Lipinski definition) is 0. The molecule has 0 spiro atoms. The van der Waals surface area contributed by atoms with Gasteiger partial charge in [-0.15, -0.1) is 23.0 Å². The highest BCUT2D eigenvalue weighted by molar-refractivity contribution is 7.13. The van der Waals surface area contributed by atoms with Crippen LogP contribution in [-0.4, -0.2) is 22.6 Å². The van der Waals surface area contributed by atoms with Crippen molar-refractivity contribution < 1.29 is 9.21 Å². The van der Waals surface area contributed by atoms with E-state index >= 15 is 0 Å². The van der Waals surface area contributed by atoms with E-state index in [1.54, 1.807) is 17.4 Å². The Morgan fingerprint density at radius 1 is 1.58 bits per heavy atom. The molecule has 2 aromatic heterocycles. The number of carbonyl (C=O) groups excluding carboxylic acids is 1. The smallest absolute Gasteiger partial charge is 0.325 e. The molecule has 0 aromatic carbocycles. The third kappa shape index (κ3) is 2.08. The minimum atomic E-state index is 0.00278. The first-order chi connectivity index (χ1) is 9.19. The fraction of sp³-hybridized carbons (Fsp3) is 0.308. The van der Waals surface area contributed by atoms with E-state index in [0.717, 1.165) is 10.4 Å². The number of aryl methyl sites for hydroxylation is 1. The first-order valence-corrected chi connectivity index (χ1v) is 6.88. The predicted octanol–water partition coefficient (Wildman–Crippen LogP) is 2.65. The number of aromatic nitrogens is 2. The fourth-order valence-corrected chi connectivity index (χ4v) is 2.93. The van der Waals surface area contributed by atoms with Crippen molar-refractivity contribution in [2.24, 2.45) is 5.92 Å². The average molecular weight is 275 g/mol. The number of thiophene rings is 1. The average Bonchev–Trinajstić information content (AvgIpc) is 3.07. The highest BCUT2D eigenvalue weighted by atomic mass is 32.1. The van der Waals surface area contributed by atoms with Crippen molar-refractivity contribution in [2.45, 2.75) is 13.3 Å². The van der Waals surface area contributed by atoms with Gasteiger partial charge in [0.05, 0.1) is 4.88 Å². The molecule has 3 heterocycles. The maximum atomic E-state index is 11.9. The summed E-state index contributed by atoms with van der Waals surface area (Å²) in [5.41, 5.74) is 1.09. The normalized spacial score (nSPS) is 19.1. The molecule has 3 rings (SSSR count). The summed E-state index contributed by atoms with van der Waals surface area (Å²) in [6.45, 7) is 6.27. The Bertz CT molecular complexity index is 631. The summed E-state index contributed by atoms with van der Waals surface area (Å²) in [5, 5.41) is 9.97. The Morgan fingerprint density at radius 2 is 2.42 bits per heavy atom. The molecule has 1 atom stereocenters. The van der Waals surface area contributed by atoms with Gasteiger partial charge >= 0.3 is 6.01 Å². The summed E-state index contributed by atoms with van der Waals surface area (Å²) in [6, 6.07) is 2.27. The topological polar surface area (TPSA) is 59.2 Å². The highest BCUT2D eigenvalue weighted by Gasteiger charge is 2.32. The van der Waals surface area contributed by atoms with Crippen molar-refractivity contribution in [1.82, 2.24) is 10.2 Å². The highest BCUT2D eigenvalue weighted by Crippen LogP contribution is 2.31. The lowest BCUT2D eigenvalue weighted by Gasteiger charge is -2.09. The van der Waals surface area contributed by atoms with Crippen LogP contribution in [0.25, 0.3) is 10.8 Å². The van der Waals surface area contributed by atoms with Gasteiger partial charge in [0.15, 0.2) is 0 Å². The van der Waals surface area contributed by atoms with Crippen molar-refractivity contribution >= 4 is 23.3 Å². The van der Waals surface area contributed by atoms with Crippen LogP contribution in [0.2, 0.25) is 0 Å². The number of hydrogen-bond acceptors (Lipinski definition) is 5. The molecule has 98 valence electrons. The van der Waals surface area contributed by atoms with Crippen molar-refractivity contribution in [3.63, 3.8) is 0 Å².